The highest BCUT2D eigenvalue weighted by atomic mass is 32.2. The molecule has 0 aliphatic carbocycles. The fraction of sp³-hybridized carbons (Fsp3) is 0.179. The minimum absolute atomic E-state index is 0.242. The largest absolute Gasteiger partial charge is 0.249 e. The van der Waals surface area contributed by atoms with Gasteiger partial charge in [-0.25, -0.2) is 4.21 Å². The smallest absolute Gasteiger partial charge is 0.0979 e. The Morgan fingerprint density at radius 3 is 2.32 bits per heavy atom. The maximum absolute atomic E-state index is 13.5. The Bertz CT molecular complexity index is 1180. The summed E-state index contributed by atoms with van der Waals surface area (Å²) >= 11 is 0. The molecule has 0 amide bonds. The zero-order chi connectivity index (χ0) is 22.3. The van der Waals surface area contributed by atoms with Crippen molar-refractivity contribution in [2.24, 2.45) is 0 Å². The van der Waals surface area contributed by atoms with E-state index < -0.39 is 16.2 Å². The van der Waals surface area contributed by atoms with Crippen molar-refractivity contribution < 1.29 is 4.21 Å². The number of nitrogens with zero attached hydrogens (tertiary/aromatic N) is 1. The van der Waals surface area contributed by atoms with Gasteiger partial charge in [0.2, 0.25) is 0 Å². The number of hydrogen-bond acceptors (Lipinski definition) is 2. The standard InChI is InChI=1S/C28H25NOS/c1-4-18-28(21-29,20-23(3)19-24-10-6-5-7-11-24)26-12-8-9-13-27(26)31(30)25-16-14-22(2)15-17-25/h1,5-17,19H,18,20H2,2-3H3/b23-19+/t28-,31+/m1/s1. The number of hydrogen-bond donors (Lipinski definition) is 0. The predicted octanol–water partition coefficient (Wildman–Crippen LogP) is 6.44. The molecule has 3 aromatic carbocycles. The SMILES string of the molecule is C#CC[C@](C#N)(C/C(C)=C/c1ccccc1)c1ccccc1[S@@](=O)c1ccc(C)cc1. The lowest BCUT2D eigenvalue weighted by Gasteiger charge is -2.28. The lowest BCUT2D eigenvalue weighted by Crippen LogP contribution is -2.26. The fourth-order valence-corrected chi connectivity index (χ4v) is 5.04. The Morgan fingerprint density at radius 2 is 1.68 bits per heavy atom. The maximum Gasteiger partial charge on any atom is 0.0979 e. The summed E-state index contributed by atoms with van der Waals surface area (Å²) in [6.07, 6.45) is 8.49. The molecule has 3 heteroatoms. The number of allylic oxidation sites excluding steroid dienone is 1. The van der Waals surface area contributed by atoms with Gasteiger partial charge in [-0.2, -0.15) is 5.26 Å². The third-order valence-electron chi connectivity index (χ3n) is 5.25. The third-order valence-corrected chi connectivity index (χ3v) is 6.70. The summed E-state index contributed by atoms with van der Waals surface area (Å²) < 4.78 is 13.5. The van der Waals surface area contributed by atoms with E-state index in [1.54, 1.807) is 0 Å². The molecule has 3 aromatic rings. The van der Waals surface area contributed by atoms with E-state index in [0.717, 1.165) is 22.3 Å². The average Bonchev–Trinajstić information content (AvgIpc) is 2.79. The van der Waals surface area contributed by atoms with Crippen LogP contribution in [0.4, 0.5) is 0 Å². The first-order chi connectivity index (χ1) is 15.0. The number of rotatable bonds is 7. The zero-order valence-electron chi connectivity index (χ0n) is 17.8. The van der Waals surface area contributed by atoms with E-state index in [4.69, 9.17) is 6.42 Å². The van der Waals surface area contributed by atoms with Crippen LogP contribution < -0.4 is 0 Å². The molecule has 0 aromatic heterocycles. The van der Waals surface area contributed by atoms with E-state index in [2.05, 4.69) is 18.1 Å². The van der Waals surface area contributed by atoms with Crippen LogP contribution in [0.3, 0.4) is 0 Å². The summed E-state index contributed by atoms with van der Waals surface area (Å²) in [4.78, 5) is 1.35. The molecule has 0 N–H and O–H groups in total. The molecule has 0 saturated heterocycles. The first kappa shape index (κ1) is 22.3. The summed E-state index contributed by atoms with van der Waals surface area (Å²) in [6.45, 7) is 4.01. The van der Waals surface area contributed by atoms with Gasteiger partial charge >= 0.3 is 0 Å². The summed E-state index contributed by atoms with van der Waals surface area (Å²) in [5.74, 6) is 2.69. The molecule has 0 radical (unpaired) electrons. The van der Waals surface area contributed by atoms with Gasteiger partial charge in [0.1, 0.15) is 0 Å². The fourth-order valence-electron chi connectivity index (χ4n) is 3.74. The molecular formula is C28H25NOS. The second-order valence-electron chi connectivity index (χ2n) is 7.73. The monoisotopic (exact) mass is 423 g/mol. The van der Waals surface area contributed by atoms with E-state index in [-0.39, 0.29) is 6.42 Å². The molecule has 0 aliphatic rings. The van der Waals surface area contributed by atoms with Gasteiger partial charge in [0.05, 0.1) is 22.3 Å². The van der Waals surface area contributed by atoms with Crippen molar-refractivity contribution in [3.63, 3.8) is 0 Å². The van der Waals surface area contributed by atoms with Crippen molar-refractivity contribution in [1.29, 1.82) is 5.26 Å². The topological polar surface area (TPSA) is 40.9 Å². The van der Waals surface area contributed by atoms with E-state index >= 15 is 0 Å². The number of terminal acetylenes is 1. The minimum Gasteiger partial charge on any atom is -0.249 e. The number of aryl methyl sites for hydroxylation is 1. The third kappa shape index (κ3) is 5.21. The van der Waals surface area contributed by atoms with Crippen LogP contribution in [0.25, 0.3) is 6.08 Å². The Balaban J connectivity index is 2.06. The Kier molecular flexibility index (Phi) is 7.24. The van der Waals surface area contributed by atoms with Crippen LogP contribution in [-0.4, -0.2) is 4.21 Å². The molecule has 2 atom stereocenters. The lowest BCUT2D eigenvalue weighted by molar-refractivity contribution is 0.548. The van der Waals surface area contributed by atoms with Crippen molar-refractivity contribution in [2.75, 3.05) is 0 Å². The highest BCUT2D eigenvalue weighted by molar-refractivity contribution is 7.85. The van der Waals surface area contributed by atoms with E-state index in [0.29, 0.717) is 16.2 Å². The molecule has 31 heavy (non-hydrogen) atoms. The number of benzene rings is 3. The molecule has 0 spiro atoms. The molecule has 0 fully saturated rings. The molecule has 0 unspecified atom stereocenters. The summed E-state index contributed by atoms with van der Waals surface area (Å²) in [6, 6.07) is 27.6. The Hall–Kier alpha value is -3.40. The van der Waals surface area contributed by atoms with Gasteiger partial charge in [-0.3, -0.25) is 0 Å². The molecule has 2 nitrogen and oxygen atoms in total. The van der Waals surface area contributed by atoms with Gasteiger partial charge in [-0.15, -0.1) is 12.3 Å². The quantitative estimate of drug-likeness (QED) is 0.410. The molecule has 0 aliphatic heterocycles. The second-order valence-corrected chi connectivity index (χ2v) is 9.18. The number of nitriles is 1. The van der Waals surface area contributed by atoms with Gasteiger partial charge < -0.3 is 0 Å². The van der Waals surface area contributed by atoms with Crippen molar-refractivity contribution in [3.8, 4) is 18.4 Å². The summed E-state index contributed by atoms with van der Waals surface area (Å²) in [7, 11) is -1.41. The summed E-state index contributed by atoms with van der Waals surface area (Å²) in [5, 5.41) is 10.3. The average molecular weight is 424 g/mol. The zero-order valence-corrected chi connectivity index (χ0v) is 18.7. The van der Waals surface area contributed by atoms with Crippen molar-refractivity contribution >= 4 is 16.9 Å². The van der Waals surface area contributed by atoms with Crippen LogP contribution >= 0.6 is 0 Å². The van der Waals surface area contributed by atoms with Crippen molar-refractivity contribution in [2.45, 2.75) is 41.9 Å². The maximum atomic E-state index is 13.5. The molecule has 154 valence electrons. The van der Waals surface area contributed by atoms with Gasteiger partial charge in [-0.05, 0) is 49.6 Å². The van der Waals surface area contributed by atoms with Crippen LogP contribution in [0.2, 0.25) is 0 Å². The van der Waals surface area contributed by atoms with Gasteiger partial charge in [0, 0.05) is 16.2 Å². The molecule has 3 rings (SSSR count). The Morgan fingerprint density at radius 1 is 1.03 bits per heavy atom. The van der Waals surface area contributed by atoms with Gasteiger partial charge in [0.15, 0.2) is 0 Å². The normalized spacial score (nSPS) is 14.1. The van der Waals surface area contributed by atoms with Crippen molar-refractivity contribution in [3.05, 3.63) is 101 Å². The van der Waals surface area contributed by atoms with E-state index in [9.17, 15) is 9.47 Å². The highest BCUT2D eigenvalue weighted by Gasteiger charge is 2.35. The van der Waals surface area contributed by atoms with Crippen LogP contribution in [0.5, 0.6) is 0 Å². The highest BCUT2D eigenvalue weighted by Crippen LogP contribution is 2.38. The van der Waals surface area contributed by atoms with Gasteiger partial charge in [0.25, 0.3) is 0 Å². The molecular weight excluding hydrogens is 398 g/mol. The predicted molar refractivity (Wildman–Crippen MR) is 128 cm³/mol. The Labute approximate surface area is 187 Å². The summed E-state index contributed by atoms with van der Waals surface area (Å²) in [5.41, 5.74) is 2.99. The van der Waals surface area contributed by atoms with E-state index in [1.165, 1.54) is 0 Å². The van der Waals surface area contributed by atoms with Crippen LogP contribution in [0.1, 0.15) is 36.5 Å². The minimum atomic E-state index is -1.41. The first-order valence-electron chi connectivity index (χ1n) is 10.1. The van der Waals surface area contributed by atoms with Crippen molar-refractivity contribution in [1.82, 2.24) is 0 Å². The molecule has 0 heterocycles. The van der Waals surface area contributed by atoms with Crippen LogP contribution in [0, 0.1) is 30.6 Å². The van der Waals surface area contributed by atoms with Crippen LogP contribution in [-0.2, 0) is 16.2 Å². The van der Waals surface area contributed by atoms with Crippen LogP contribution in [0.15, 0.2) is 94.2 Å². The molecule has 0 saturated carbocycles. The second kappa shape index (κ2) is 10.1. The lowest BCUT2D eigenvalue weighted by atomic mass is 9.74. The molecule has 0 bridgehead atoms. The van der Waals surface area contributed by atoms with E-state index in [1.807, 2.05) is 92.7 Å². The van der Waals surface area contributed by atoms with Gasteiger partial charge in [-0.1, -0.05) is 77.9 Å². The first-order valence-corrected chi connectivity index (χ1v) is 11.3.